The molecule has 0 unspecified atom stereocenters. The lowest BCUT2D eigenvalue weighted by atomic mass is 10.0. The van der Waals surface area contributed by atoms with E-state index in [2.05, 4.69) is 24.4 Å². The van der Waals surface area contributed by atoms with Crippen LogP contribution in [0.1, 0.15) is 37.5 Å². The molecule has 1 aromatic carbocycles. The second-order valence-corrected chi connectivity index (χ2v) is 6.05. The molecule has 0 radical (unpaired) electrons. The molecule has 0 aliphatic carbocycles. The summed E-state index contributed by atoms with van der Waals surface area (Å²) in [6.07, 6.45) is 0. The van der Waals surface area contributed by atoms with Crippen molar-refractivity contribution in [1.29, 1.82) is 0 Å². The fourth-order valence-corrected chi connectivity index (χ4v) is 2.33. The van der Waals surface area contributed by atoms with Crippen molar-refractivity contribution in [2.45, 2.75) is 47.2 Å². The summed E-state index contributed by atoms with van der Waals surface area (Å²) < 4.78 is 0. The van der Waals surface area contributed by atoms with Crippen LogP contribution in [0.4, 0.5) is 0 Å². The minimum absolute atomic E-state index is 0.0554. The number of aryl methyl sites for hydroxylation is 2. The Hall–Kier alpha value is -1.84. The van der Waals surface area contributed by atoms with Crippen LogP contribution in [0.15, 0.2) is 18.2 Å². The van der Waals surface area contributed by atoms with Gasteiger partial charge in [-0.2, -0.15) is 0 Å². The quantitative estimate of drug-likeness (QED) is 0.905. The first-order chi connectivity index (χ1) is 9.72. The number of rotatable bonds is 5. The highest BCUT2D eigenvalue weighted by Gasteiger charge is 2.26. The molecule has 4 nitrogen and oxygen atoms in total. The highest BCUT2D eigenvalue weighted by Crippen LogP contribution is 2.14. The number of carbonyl (C=O) groups is 2. The largest absolute Gasteiger partial charge is 0.344 e. The lowest BCUT2D eigenvalue weighted by molar-refractivity contribution is -0.136. The van der Waals surface area contributed by atoms with Crippen molar-refractivity contribution in [1.82, 2.24) is 10.2 Å². The summed E-state index contributed by atoms with van der Waals surface area (Å²) >= 11 is 0. The van der Waals surface area contributed by atoms with E-state index in [9.17, 15) is 9.59 Å². The summed E-state index contributed by atoms with van der Waals surface area (Å²) in [6.45, 7) is 9.96. The summed E-state index contributed by atoms with van der Waals surface area (Å²) in [5.41, 5.74) is 3.51. The van der Waals surface area contributed by atoms with E-state index < -0.39 is 6.04 Å². The molecule has 1 N–H and O–H groups in total. The van der Waals surface area contributed by atoms with Gasteiger partial charge in [0, 0.05) is 20.5 Å². The summed E-state index contributed by atoms with van der Waals surface area (Å²) in [6, 6.07) is 5.74. The van der Waals surface area contributed by atoms with Crippen LogP contribution in [0.2, 0.25) is 0 Å². The third kappa shape index (κ3) is 4.88. The topological polar surface area (TPSA) is 49.4 Å². The van der Waals surface area contributed by atoms with Gasteiger partial charge in [0.05, 0.1) is 0 Å². The fourth-order valence-electron chi connectivity index (χ4n) is 2.33. The van der Waals surface area contributed by atoms with Crippen LogP contribution in [0.3, 0.4) is 0 Å². The van der Waals surface area contributed by atoms with Crippen molar-refractivity contribution in [3.8, 4) is 0 Å². The highest BCUT2D eigenvalue weighted by molar-refractivity contribution is 5.86. The molecule has 116 valence electrons. The molecule has 21 heavy (non-hydrogen) atoms. The Balaban J connectivity index is 2.83. The maximum atomic E-state index is 12.5. The number of nitrogens with zero attached hydrogens (tertiary/aromatic N) is 1. The number of hydrogen-bond acceptors (Lipinski definition) is 2. The Morgan fingerprint density at radius 3 is 2.33 bits per heavy atom. The molecular formula is C17H26N2O2. The molecule has 4 heteroatoms. The van der Waals surface area contributed by atoms with E-state index >= 15 is 0 Å². The molecule has 0 spiro atoms. The smallest absolute Gasteiger partial charge is 0.245 e. The minimum atomic E-state index is -0.474. The second kappa shape index (κ2) is 7.25. The Morgan fingerprint density at radius 1 is 1.24 bits per heavy atom. The standard InChI is InChI=1S/C17H26N2O2/c1-11(2)16(18-14(5)20)17(21)19(6)10-15-8-7-12(3)9-13(15)4/h7-9,11,16H,10H2,1-6H3,(H,18,20)/t16-/m0/s1. The van der Waals surface area contributed by atoms with Crippen LogP contribution in [0.5, 0.6) is 0 Å². The van der Waals surface area contributed by atoms with E-state index in [0.29, 0.717) is 6.54 Å². The molecule has 1 rings (SSSR count). The lowest BCUT2D eigenvalue weighted by Gasteiger charge is -2.27. The van der Waals surface area contributed by atoms with Crippen molar-refractivity contribution < 1.29 is 9.59 Å². The predicted octanol–water partition coefficient (Wildman–Crippen LogP) is 2.42. The van der Waals surface area contributed by atoms with Gasteiger partial charge in [0.25, 0.3) is 0 Å². The molecule has 0 aliphatic rings. The Morgan fingerprint density at radius 2 is 1.86 bits per heavy atom. The van der Waals surface area contributed by atoms with Gasteiger partial charge < -0.3 is 10.2 Å². The molecule has 0 heterocycles. The number of benzene rings is 1. The van der Waals surface area contributed by atoms with Gasteiger partial charge in [-0.15, -0.1) is 0 Å². The summed E-state index contributed by atoms with van der Waals surface area (Å²) in [5, 5.41) is 2.74. The van der Waals surface area contributed by atoms with Crippen LogP contribution in [-0.4, -0.2) is 29.8 Å². The number of likely N-dealkylation sites (N-methyl/N-ethyl adjacent to an activating group) is 1. The van der Waals surface area contributed by atoms with Gasteiger partial charge >= 0.3 is 0 Å². The Labute approximate surface area is 127 Å². The Kier molecular flexibility index (Phi) is 5.94. The van der Waals surface area contributed by atoms with Gasteiger partial charge in [-0.05, 0) is 30.9 Å². The molecule has 0 fully saturated rings. The number of amides is 2. The number of carbonyl (C=O) groups excluding carboxylic acids is 2. The zero-order chi connectivity index (χ0) is 16.2. The average molecular weight is 290 g/mol. The van der Waals surface area contributed by atoms with Crippen molar-refractivity contribution >= 4 is 11.8 Å². The SMILES string of the molecule is CC(=O)N[C@H](C(=O)N(C)Cc1ccc(C)cc1C)C(C)C. The second-order valence-electron chi connectivity index (χ2n) is 6.05. The molecule has 0 bridgehead atoms. The number of hydrogen-bond donors (Lipinski definition) is 1. The van der Waals surface area contributed by atoms with E-state index in [0.717, 1.165) is 5.56 Å². The van der Waals surface area contributed by atoms with E-state index in [1.54, 1.807) is 11.9 Å². The lowest BCUT2D eigenvalue weighted by Crippen LogP contribution is -2.49. The fraction of sp³-hybridized carbons (Fsp3) is 0.529. The van der Waals surface area contributed by atoms with Gasteiger partial charge in [-0.25, -0.2) is 0 Å². The molecule has 0 saturated carbocycles. The molecule has 0 aliphatic heterocycles. The first-order valence-corrected chi connectivity index (χ1v) is 7.30. The summed E-state index contributed by atoms with van der Waals surface area (Å²) in [4.78, 5) is 25.4. The molecule has 2 amide bonds. The normalized spacial score (nSPS) is 12.1. The van der Waals surface area contributed by atoms with Gasteiger partial charge in [0.2, 0.25) is 11.8 Å². The van der Waals surface area contributed by atoms with E-state index in [4.69, 9.17) is 0 Å². The van der Waals surface area contributed by atoms with Gasteiger partial charge in [-0.3, -0.25) is 9.59 Å². The number of nitrogens with one attached hydrogen (secondary N) is 1. The van der Waals surface area contributed by atoms with Crippen LogP contribution >= 0.6 is 0 Å². The predicted molar refractivity (Wildman–Crippen MR) is 84.8 cm³/mol. The third-order valence-electron chi connectivity index (χ3n) is 3.57. The highest BCUT2D eigenvalue weighted by atomic mass is 16.2. The van der Waals surface area contributed by atoms with E-state index in [-0.39, 0.29) is 17.7 Å². The van der Waals surface area contributed by atoms with Crippen molar-refractivity contribution in [3.05, 3.63) is 34.9 Å². The molecule has 1 atom stereocenters. The van der Waals surface area contributed by atoms with Gasteiger partial charge in [0.1, 0.15) is 6.04 Å². The van der Waals surface area contributed by atoms with Gasteiger partial charge in [0.15, 0.2) is 0 Å². The molecular weight excluding hydrogens is 264 g/mol. The van der Waals surface area contributed by atoms with E-state index in [1.165, 1.54) is 18.1 Å². The monoisotopic (exact) mass is 290 g/mol. The van der Waals surface area contributed by atoms with Crippen molar-refractivity contribution in [3.63, 3.8) is 0 Å². The molecule has 1 aromatic rings. The van der Waals surface area contributed by atoms with Crippen molar-refractivity contribution in [2.75, 3.05) is 7.05 Å². The minimum Gasteiger partial charge on any atom is -0.344 e. The first kappa shape index (κ1) is 17.2. The van der Waals surface area contributed by atoms with Crippen LogP contribution in [-0.2, 0) is 16.1 Å². The Bertz CT molecular complexity index is 524. The zero-order valence-electron chi connectivity index (χ0n) is 13.9. The van der Waals surface area contributed by atoms with Crippen LogP contribution in [0, 0.1) is 19.8 Å². The zero-order valence-corrected chi connectivity index (χ0v) is 13.9. The van der Waals surface area contributed by atoms with Gasteiger partial charge in [-0.1, -0.05) is 37.6 Å². The molecule has 0 aromatic heterocycles. The summed E-state index contributed by atoms with van der Waals surface area (Å²) in [5.74, 6) is -0.176. The first-order valence-electron chi connectivity index (χ1n) is 7.30. The average Bonchev–Trinajstić information content (AvgIpc) is 2.37. The molecule has 0 saturated heterocycles. The maximum absolute atomic E-state index is 12.5. The van der Waals surface area contributed by atoms with Crippen molar-refractivity contribution in [2.24, 2.45) is 5.92 Å². The van der Waals surface area contributed by atoms with E-state index in [1.807, 2.05) is 26.8 Å². The van der Waals surface area contributed by atoms with Crippen LogP contribution in [0.25, 0.3) is 0 Å². The van der Waals surface area contributed by atoms with Crippen LogP contribution < -0.4 is 5.32 Å². The summed E-state index contributed by atoms with van der Waals surface area (Å²) in [7, 11) is 1.78. The maximum Gasteiger partial charge on any atom is 0.245 e. The third-order valence-corrected chi connectivity index (χ3v) is 3.57.